The highest BCUT2D eigenvalue weighted by Crippen LogP contribution is 2.26. The Morgan fingerprint density at radius 3 is 3.06 bits per heavy atom. The van der Waals surface area contributed by atoms with E-state index in [9.17, 15) is 0 Å². The van der Waals surface area contributed by atoms with Crippen molar-refractivity contribution in [2.45, 2.75) is 56.0 Å². The maximum Gasteiger partial charge on any atom is 0.191 e. The van der Waals surface area contributed by atoms with Crippen LogP contribution < -0.4 is 5.73 Å². The molecular formula is C11H20N4S. The number of nitrogens with zero attached hydrogens (tertiary/aromatic N) is 3. The summed E-state index contributed by atoms with van der Waals surface area (Å²) < 4.78 is 2.30. The predicted octanol–water partition coefficient (Wildman–Crippen LogP) is 1.83. The van der Waals surface area contributed by atoms with E-state index in [1.54, 1.807) is 0 Å². The van der Waals surface area contributed by atoms with Crippen molar-refractivity contribution in [3.05, 3.63) is 5.82 Å². The molecular weight excluding hydrogens is 220 g/mol. The minimum atomic E-state index is 0.529. The van der Waals surface area contributed by atoms with Crippen LogP contribution in [-0.4, -0.2) is 26.6 Å². The first kappa shape index (κ1) is 11.9. The van der Waals surface area contributed by atoms with Crippen LogP contribution in [0, 0.1) is 0 Å². The number of fused-ring (bicyclic) bond motifs is 1. The first-order chi connectivity index (χ1) is 7.81. The van der Waals surface area contributed by atoms with Crippen molar-refractivity contribution in [3.8, 4) is 0 Å². The third-order valence-electron chi connectivity index (χ3n) is 2.96. The number of hydrogen-bond donors (Lipinski definition) is 1. The highest BCUT2D eigenvalue weighted by Gasteiger charge is 2.16. The van der Waals surface area contributed by atoms with Crippen molar-refractivity contribution in [3.63, 3.8) is 0 Å². The minimum absolute atomic E-state index is 0.529. The summed E-state index contributed by atoms with van der Waals surface area (Å²) in [5.41, 5.74) is 5.57. The largest absolute Gasteiger partial charge is 0.330 e. The van der Waals surface area contributed by atoms with Crippen LogP contribution in [0.2, 0.25) is 0 Å². The van der Waals surface area contributed by atoms with Gasteiger partial charge < -0.3 is 10.3 Å². The number of hydrogen-bond acceptors (Lipinski definition) is 4. The SMILES string of the molecule is CC(CCN)Sc1nnc2n1CCCCC2. The van der Waals surface area contributed by atoms with Gasteiger partial charge >= 0.3 is 0 Å². The van der Waals surface area contributed by atoms with E-state index >= 15 is 0 Å². The molecule has 0 fully saturated rings. The fourth-order valence-corrected chi connectivity index (χ4v) is 3.04. The van der Waals surface area contributed by atoms with Gasteiger partial charge in [-0.05, 0) is 25.8 Å². The number of aryl methyl sites for hydroxylation is 1. The summed E-state index contributed by atoms with van der Waals surface area (Å²) in [5.74, 6) is 1.17. The maximum atomic E-state index is 5.57. The van der Waals surface area contributed by atoms with E-state index in [1.165, 1.54) is 25.1 Å². The molecule has 0 radical (unpaired) electrons. The lowest BCUT2D eigenvalue weighted by atomic mass is 10.2. The van der Waals surface area contributed by atoms with Gasteiger partial charge in [-0.3, -0.25) is 0 Å². The topological polar surface area (TPSA) is 56.7 Å². The van der Waals surface area contributed by atoms with Crippen molar-refractivity contribution in [2.75, 3.05) is 6.54 Å². The lowest BCUT2D eigenvalue weighted by molar-refractivity contribution is 0.589. The fraction of sp³-hybridized carbons (Fsp3) is 0.818. The number of nitrogens with two attached hydrogens (primary N) is 1. The van der Waals surface area contributed by atoms with Crippen LogP contribution in [0.3, 0.4) is 0 Å². The monoisotopic (exact) mass is 240 g/mol. The summed E-state index contributed by atoms with van der Waals surface area (Å²) in [6, 6.07) is 0. The molecule has 2 heterocycles. The first-order valence-electron chi connectivity index (χ1n) is 6.10. The molecule has 0 bridgehead atoms. The molecule has 1 aromatic heterocycles. The van der Waals surface area contributed by atoms with E-state index in [4.69, 9.17) is 5.73 Å². The average molecular weight is 240 g/mol. The summed E-state index contributed by atoms with van der Waals surface area (Å²) in [4.78, 5) is 0. The van der Waals surface area contributed by atoms with Gasteiger partial charge in [-0.15, -0.1) is 10.2 Å². The van der Waals surface area contributed by atoms with Crippen LogP contribution >= 0.6 is 11.8 Å². The van der Waals surface area contributed by atoms with Crippen molar-refractivity contribution >= 4 is 11.8 Å². The van der Waals surface area contributed by atoms with Crippen LogP contribution in [0.4, 0.5) is 0 Å². The molecule has 5 heteroatoms. The summed E-state index contributed by atoms with van der Waals surface area (Å²) in [7, 11) is 0. The zero-order valence-electron chi connectivity index (χ0n) is 9.85. The maximum absolute atomic E-state index is 5.57. The van der Waals surface area contributed by atoms with Gasteiger partial charge in [-0.25, -0.2) is 0 Å². The quantitative estimate of drug-likeness (QED) is 0.816. The summed E-state index contributed by atoms with van der Waals surface area (Å²) in [6.45, 7) is 4.03. The zero-order valence-corrected chi connectivity index (χ0v) is 10.7. The molecule has 1 aliphatic heterocycles. The molecule has 0 aromatic carbocycles. The molecule has 1 unspecified atom stereocenters. The Morgan fingerprint density at radius 2 is 2.25 bits per heavy atom. The van der Waals surface area contributed by atoms with Gasteiger partial charge in [-0.1, -0.05) is 25.1 Å². The van der Waals surface area contributed by atoms with Crippen LogP contribution in [0.15, 0.2) is 5.16 Å². The fourth-order valence-electron chi connectivity index (χ4n) is 2.02. The van der Waals surface area contributed by atoms with Crippen molar-refractivity contribution in [2.24, 2.45) is 5.73 Å². The van der Waals surface area contributed by atoms with Crippen molar-refractivity contribution < 1.29 is 0 Å². The van der Waals surface area contributed by atoms with E-state index < -0.39 is 0 Å². The molecule has 1 aromatic rings. The molecule has 16 heavy (non-hydrogen) atoms. The average Bonchev–Trinajstić information content (AvgIpc) is 2.51. The molecule has 0 saturated heterocycles. The summed E-state index contributed by atoms with van der Waals surface area (Å²) >= 11 is 1.81. The zero-order chi connectivity index (χ0) is 11.4. The Labute approximate surface area is 101 Å². The van der Waals surface area contributed by atoms with E-state index in [1.807, 2.05) is 11.8 Å². The van der Waals surface area contributed by atoms with E-state index in [0.29, 0.717) is 5.25 Å². The molecule has 1 aliphatic rings. The second kappa shape index (κ2) is 5.68. The molecule has 2 rings (SSSR count). The van der Waals surface area contributed by atoms with E-state index in [-0.39, 0.29) is 0 Å². The minimum Gasteiger partial charge on any atom is -0.330 e. The number of aromatic nitrogens is 3. The van der Waals surface area contributed by atoms with Crippen LogP contribution in [0.25, 0.3) is 0 Å². The Hall–Kier alpha value is -0.550. The third kappa shape index (κ3) is 2.77. The molecule has 0 spiro atoms. The van der Waals surface area contributed by atoms with Crippen LogP contribution in [-0.2, 0) is 13.0 Å². The van der Waals surface area contributed by atoms with Gasteiger partial charge in [0.1, 0.15) is 5.82 Å². The second-order valence-electron chi connectivity index (χ2n) is 4.37. The molecule has 90 valence electrons. The standard InChI is InChI=1S/C11H20N4S/c1-9(6-7-12)16-11-14-13-10-5-3-2-4-8-15(10)11/h9H,2-8,12H2,1H3. The highest BCUT2D eigenvalue weighted by atomic mass is 32.2. The van der Waals surface area contributed by atoms with E-state index in [2.05, 4.69) is 21.7 Å². The van der Waals surface area contributed by atoms with E-state index in [0.717, 1.165) is 31.1 Å². The molecule has 1 atom stereocenters. The normalized spacial score (nSPS) is 17.9. The Morgan fingerprint density at radius 1 is 1.38 bits per heavy atom. The van der Waals surface area contributed by atoms with Crippen molar-refractivity contribution in [1.82, 2.24) is 14.8 Å². The van der Waals surface area contributed by atoms with Gasteiger partial charge in [0.25, 0.3) is 0 Å². The van der Waals surface area contributed by atoms with Crippen molar-refractivity contribution in [1.29, 1.82) is 0 Å². The summed E-state index contributed by atoms with van der Waals surface area (Å²) in [5, 5.41) is 10.2. The van der Waals surface area contributed by atoms with Gasteiger partial charge in [0.15, 0.2) is 5.16 Å². The summed E-state index contributed by atoms with van der Waals surface area (Å²) in [6.07, 6.45) is 5.93. The van der Waals surface area contributed by atoms with Gasteiger partial charge in [0.2, 0.25) is 0 Å². The smallest absolute Gasteiger partial charge is 0.191 e. The Bertz CT molecular complexity index is 337. The number of rotatable bonds is 4. The molecule has 0 aliphatic carbocycles. The van der Waals surface area contributed by atoms with Gasteiger partial charge in [0, 0.05) is 18.2 Å². The number of thioether (sulfide) groups is 1. The van der Waals surface area contributed by atoms with Gasteiger partial charge in [0.05, 0.1) is 0 Å². The highest BCUT2D eigenvalue weighted by molar-refractivity contribution is 7.99. The second-order valence-corrected chi connectivity index (χ2v) is 5.77. The lowest BCUT2D eigenvalue weighted by Gasteiger charge is -2.10. The van der Waals surface area contributed by atoms with Crippen LogP contribution in [0.5, 0.6) is 0 Å². The van der Waals surface area contributed by atoms with Crippen LogP contribution in [0.1, 0.15) is 38.4 Å². The lowest BCUT2D eigenvalue weighted by Crippen LogP contribution is -2.09. The Balaban J connectivity index is 2.07. The molecule has 4 nitrogen and oxygen atoms in total. The molecule has 0 saturated carbocycles. The first-order valence-corrected chi connectivity index (χ1v) is 6.98. The third-order valence-corrected chi connectivity index (χ3v) is 4.11. The predicted molar refractivity (Wildman–Crippen MR) is 66.6 cm³/mol. The van der Waals surface area contributed by atoms with Gasteiger partial charge in [-0.2, -0.15) is 0 Å². The molecule has 2 N–H and O–H groups in total. The molecule has 0 amide bonds. The Kier molecular flexibility index (Phi) is 4.23.